The largest absolute Gasteiger partial charge is 0.272 e. The summed E-state index contributed by atoms with van der Waals surface area (Å²) in [6, 6.07) is 17.3. The number of benzene rings is 2. The maximum absolute atomic E-state index is 11.9. The number of hydrogen-bond acceptors (Lipinski definition) is 7. The summed E-state index contributed by atoms with van der Waals surface area (Å²) in [4.78, 5) is 11.9. The van der Waals surface area contributed by atoms with Crippen LogP contribution in [0, 0.1) is 0 Å². The number of carbonyl (C=O) groups excluding carboxylic acids is 1. The van der Waals surface area contributed by atoms with Crippen LogP contribution in [-0.2, 0) is 10.5 Å². The summed E-state index contributed by atoms with van der Waals surface area (Å²) in [6.07, 6.45) is 3.16. The SMILES string of the molecule is O=C(CSc1nnc(SCc2ccc(Cl)cc2)s1)N/N=C/C(Cl)=C/c1ccccc1. The van der Waals surface area contributed by atoms with E-state index >= 15 is 0 Å². The molecule has 154 valence electrons. The quantitative estimate of drug-likeness (QED) is 0.226. The number of carbonyl (C=O) groups is 1. The summed E-state index contributed by atoms with van der Waals surface area (Å²) in [5.74, 6) is 0.725. The minimum absolute atomic E-state index is 0.188. The Kier molecular flexibility index (Phi) is 9.23. The third kappa shape index (κ3) is 8.12. The molecule has 2 aromatic carbocycles. The number of rotatable bonds is 9. The zero-order chi connectivity index (χ0) is 21.2. The zero-order valence-electron chi connectivity index (χ0n) is 15.5. The standard InChI is InChI=1S/C20H16Cl2N4OS3/c21-16-8-6-15(7-9-16)12-28-19-25-26-20(30-19)29-13-18(27)24-23-11-17(22)10-14-4-2-1-3-5-14/h1-11H,12-13H2,(H,24,27)/b17-10-,23-11+. The van der Waals surface area contributed by atoms with E-state index in [1.807, 2.05) is 54.6 Å². The van der Waals surface area contributed by atoms with Crippen molar-refractivity contribution in [3.8, 4) is 0 Å². The Hall–Kier alpha value is -1.84. The molecule has 1 amide bonds. The van der Waals surface area contributed by atoms with Gasteiger partial charge in [0.2, 0.25) is 0 Å². The second-order valence-electron chi connectivity index (χ2n) is 5.77. The number of hydrazone groups is 1. The van der Waals surface area contributed by atoms with E-state index in [1.165, 1.54) is 29.3 Å². The molecule has 10 heteroatoms. The van der Waals surface area contributed by atoms with Crippen molar-refractivity contribution >= 4 is 76.3 Å². The van der Waals surface area contributed by atoms with Crippen molar-refractivity contribution in [2.45, 2.75) is 14.4 Å². The van der Waals surface area contributed by atoms with E-state index in [9.17, 15) is 4.79 Å². The van der Waals surface area contributed by atoms with Gasteiger partial charge in [0, 0.05) is 10.8 Å². The Morgan fingerprint density at radius 1 is 1.07 bits per heavy atom. The molecule has 0 aliphatic carbocycles. The van der Waals surface area contributed by atoms with Crippen LogP contribution >= 0.6 is 58.1 Å². The normalized spacial score (nSPS) is 11.7. The van der Waals surface area contributed by atoms with Crippen LogP contribution in [0.5, 0.6) is 0 Å². The molecule has 0 spiro atoms. The van der Waals surface area contributed by atoms with Gasteiger partial charge < -0.3 is 0 Å². The lowest BCUT2D eigenvalue weighted by Gasteiger charge is -1.98. The summed E-state index contributed by atoms with van der Waals surface area (Å²) >= 11 is 16.3. The van der Waals surface area contributed by atoms with Gasteiger partial charge in [-0.2, -0.15) is 5.10 Å². The summed E-state index contributed by atoms with van der Waals surface area (Å²) in [5, 5.41) is 13.3. The summed E-state index contributed by atoms with van der Waals surface area (Å²) in [5.41, 5.74) is 4.57. The van der Waals surface area contributed by atoms with Crippen LogP contribution in [0.3, 0.4) is 0 Å². The van der Waals surface area contributed by atoms with Gasteiger partial charge in [-0.05, 0) is 29.3 Å². The van der Waals surface area contributed by atoms with Crippen molar-refractivity contribution in [3.63, 3.8) is 0 Å². The predicted molar refractivity (Wildman–Crippen MR) is 129 cm³/mol. The molecule has 1 heterocycles. The number of halogens is 2. The topological polar surface area (TPSA) is 67.2 Å². The summed E-state index contributed by atoms with van der Waals surface area (Å²) < 4.78 is 1.58. The van der Waals surface area contributed by atoms with Crippen LogP contribution in [0.4, 0.5) is 0 Å². The molecule has 1 aromatic heterocycles. The van der Waals surface area contributed by atoms with E-state index in [0.717, 1.165) is 30.6 Å². The lowest BCUT2D eigenvalue weighted by Crippen LogP contribution is -2.19. The van der Waals surface area contributed by atoms with Crippen molar-refractivity contribution in [1.29, 1.82) is 0 Å². The Balaban J connectivity index is 1.39. The second kappa shape index (κ2) is 12.1. The predicted octanol–water partition coefficient (Wildman–Crippen LogP) is 5.96. The van der Waals surface area contributed by atoms with Gasteiger partial charge in [0.15, 0.2) is 8.68 Å². The number of nitrogens with one attached hydrogen (secondary N) is 1. The average Bonchev–Trinajstić information content (AvgIpc) is 3.20. The molecule has 0 radical (unpaired) electrons. The average molecular weight is 495 g/mol. The smallest absolute Gasteiger partial charge is 0.250 e. The summed E-state index contributed by atoms with van der Waals surface area (Å²) in [7, 11) is 0. The Morgan fingerprint density at radius 2 is 1.77 bits per heavy atom. The van der Waals surface area contributed by atoms with Crippen LogP contribution in [-0.4, -0.2) is 28.1 Å². The van der Waals surface area contributed by atoms with E-state index in [0.29, 0.717) is 5.03 Å². The number of aromatic nitrogens is 2. The van der Waals surface area contributed by atoms with Gasteiger partial charge in [-0.3, -0.25) is 4.79 Å². The van der Waals surface area contributed by atoms with Crippen LogP contribution in [0.1, 0.15) is 11.1 Å². The number of allylic oxidation sites excluding steroid dienone is 1. The first kappa shape index (κ1) is 22.8. The third-order valence-electron chi connectivity index (χ3n) is 3.47. The highest BCUT2D eigenvalue weighted by Crippen LogP contribution is 2.30. The van der Waals surface area contributed by atoms with Crippen LogP contribution < -0.4 is 5.43 Å². The number of nitrogens with zero attached hydrogens (tertiary/aromatic N) is 3. The molecule has 30 heavy (non-hydrogen) atoms. The molecular weight excluding hydrogens is 479 g/mol. The van der Waals surface area contributed by atoms with Crippen molar-refractivity contribution in [3.05, 3.63) is 75.8 Å². The molecule has 0 saturated carbocycles. The fourth-order valence-corrected chi connectivity index (χ4v) is 5.18. The molecule has 0 saturated heterocycles. The van der Waals surface area contributed by atoms with Gasteiger partial charge in [-0.1, -0.05) is 101 Å². The maximum Gasteiger partial charge on any atom is 0.250 e. The third-order valence-corrected chi connectivity index (χ3v) is 7.19. The van der Waals surface area contributed by atoms with Gasteiger partial charge in [0.25, 0.3) is 5.91 Å². The van der Waals surface area contributed by atoms with Crippen molar-refractivity contribution in [2.24, 2.45) is 5.10 Å². The molecule has 3 rings (SSSR count). The monoisotopic (exact) mass is 494 g/mol. The van der Waals surface area contributed by atoms with Crippen LogP contribution in [0.15, 0.2) is 73.4 Å². The van der Waals surface area contributed by atoms with E-state index in [1.54, 1.807) is 17.8 Å². The zero-order valence-corrected chi connectivity index (χ0v) is 19.5. The first-order chi connectivity index (χ1) is 14.6. The maximum atomic E-state index is 11.9. The minimum Gasteiger partial charge on any atom is -0.272 e. The molecule has 5 nitrogen and oxygen atoms in total. The van der Waals surface area contributed by atoms with Crippen molar-refractivity contribution < 1.29 is 4.79 Å². The Labute approximate surface area is 197 Å². The molecule has 0 atom stereocenters. The number of thioether (sulfide) groups is 2. The Bertz CT molecular complexity index is 1020. The summed E-state index contributed by atoms with van der Waals surface area (Å²) in [6.45, 7) is 0. The Morgan fingerprint density at radius 3 is 2.50 bits per heavy atom. The van der Waals surface area contributed by atoms with Gasteiger partial charge in [-0.15, -0.1) is 10.2 Å². The highest BCUT2D eigenvalue weighted by Gasteiger charge is 2.08. The number of amides is 1. The molecular formula is C20H16Cl2N4OS3. The molecule has 3 aromatic rings. The number of hydrogen-bond donors (Lipinski definition) is 1. The van der Waals surface area contributed by atoms with Gasteiger partial charge in [0.1, 0.15) is 0 Å². The molecule has 0 aliphatic rings. The van der Waals surface area contributed by atoms with E-state index in [4.69, 9.17) is 23.2 Å². The van der Waals surface area contributed by atoms with Gasteiger partial charge >= 0.3 is 0 Å². The van der Waals surface area contributed by atoms with Crippen molar-refractivity contribution in [2.75, 3.05) is 5.75 Å². The first-order valence-electron chi connectivity index (χ1n) is 8.66. The second-order valence-corrected chi connectivity index (χ2v) is 10.1. The molecule has 0 bridgehead atoms. The first-order valence-corrected chi connectivity index (χ1v) is 12.2. The molecule has 1 N–H and O–H groups in total. The highest BCUT2D eigenvalue weighted by atomic mass is 35.5. The lowest BCUT2D eigenvalue weighted by atomic mass is 10.2. The van der Waals surface area contributed by atoms with E-state index in [-0.39, 0.29) is 11.7 Å². The molecule has 0 fully saturated rings. The molecule has 0 unspecified atom stereocenters. The fraction of sp³-hybridized carbons (Fsp3) is 0.100. The van der Waals surface area contributed by atoms with Gasteiger partial charge in [0.05, 0.1) is 17.0 Å². The minimum atomic E-state index is -0.244. The van der Waals surface area contributed by atoms with Gasteiger partial charge in [-0.25, -0.2) is 5.43 Å². The highest BCUT2D eigenvalue weighted by molar-refractivity contribution is 8.03. The van der Waals surface area contributed by atoms with E-state index < -0.39 is 0 Å². The van der Waals surface area contributed by atoms with E-state index in [2.05, 4.69) is 20.7 Å². The van der Waals surface area contributed by atoms with Crippen molar-refractivity contribution in [1.82, 2.24) is 15.6 Å². The lowest BCUT2D eigenvalue weighted by molar-refractivity contribution is -0.118. The van der Waals surface area contributed by atoms with Crippen LogP contribution in [0.25, 0.3) is 6.08 Å². The van der Waals surface area contributed by atoms with Crippen LogP contribution in [0.2, 0.25) is 5.02 Å². The molecule has 0 aliphatic heterocycles. The fourth-order valence-electron chi connectivity index (χ4n) is 2.11.